The van der Waals surface area contributed by atoms with Crippen molar-refractivity contribution in [2.45, 2.75) is 13.8 Å². The quantitative estimate of drug-likeness (QED) is 0.262. The standard InChI is InChI=1S/C12H16O3.C8H4O3.C5H12O4/c1-12(2,8-13)9-15-11(14)10-6-4-3-5-7-10;9-7-5-3-1-2-4-6(5)8(10)11-7;6-1-5(2-7,3-8)4-9/h3-7,13H,8-9H2,1-2H3;1-4H;6-9H,1-4H2. The smallest absolute Gasteiger partial charge is 0.346 e. The van der Waals surface area contributed by atoms with Crippen molar-refractivity contribution in [2.75, 3.05) is 39.6 Å². The molecule has 0 fully saturated rings. The molecule has 0 bridgehead atoms. The molecule has 35 heavy (non-hydrogen) atoms. The van der Waals surface area contributed by atoms with E-state index in [9.17, 15) is 14.4 Å². The highest BCUT2D eigenvalue weighted by atomic mass is 16.6. The van der Waals surface area contributed by atoms with Crippen molar-refractivity contribution in [3.63, 3.8) is 0 Å². The van der Waals surface area contributed by atoms with Gasteiger partial charge in [0.1, 0.15) is 0 Å². The van der Waals surface area contributed by atoms with E-state index in [2.05, 4.69) is 4.74 Å². The number of carbonyl (C=O) groups is 3. The first kappa shape index (κ1) is 29.9. The van der Waals surface area contributed by atoms with Crippen LogP contribution in [0.5, 0.6) is 0 Å². The van der Waals surface area contributed by atoms with Gasteiger partial charge in [0.25, 0.3) is 0 Å². The number of aliphatic hydroxyl groups is 5. The van der Waals surface area contributed by atoms with Gasteiger partial charge < -0.3 is 35.0 Å². The maximum atomic E-state index is 11.5. The molecule has 0 amide bonds. The van der Waals surface area contributed by atoms with E-state index in [0.29, 0.717) is 16.7 Å². The maximum absolute atomic E-state index is 11.5. The molecule has 0 unspecified atom stereocenters. The molecule has 1 heterocycles. The van der Waals surface area contributed by atoms with Crippen LogP contribution < -0.4 is 0 Å². The molecule has 3 rings (SSSR count). The second-order valence-corrected chi connectivity index (χ2v) is 8.62. The summed E-state index contributed by atoms with van der Waals surface area (Å²) >= 11 is 0. The summed E-state index contributed by atoms with van der Waals surface area (Å²) in [5, 5.41) is 43.0. The maximum Gasteiger partial charge on any atom is 0.346 e. The summed E-state index contributed by atoms with van der Waals surface area (Å²) in [7, 11) is 0. The molecule has 10 nitrogen and oxygen atoms in total. The lowest BCUT2D eigenvalue weighted by Crippen LogP contribution is -2.37. The third-order valence-electron chi connectivity index (χ3n) is 4.93. The van der Waals surface area contributed by atoms with Gasteiger partial charge >= 0.3 is 17.9 Å². The largest absolute Gasteiger partial charge is 0.461 e. The molecule has 0 aromatic heterocycles. The van der Waals surface area contributed by atoms with E-state index >= 15 is 0 Å². The molecular formula is C25H32O10. The van der Waals surface area contributed by atoms with Gasteiger partial charge in [0, 0.05) is 5.41 Å². The Morgan fingerprint density at radius 1 is 0.743 bits per heavy atom. The van der Waals surface area contributed by atoms with Crippen molar-refractivity contribution in [1.82, 2.24) is 0 Å². The minimum absolute atomic E-state index is 0.00489. The van der Waals surface area contributed by atoms with Crippen LogP contribution in [-0.4, -0.2) is 83.1 Å². The number of ether oxygens (including phenoxy) is 2. The van der Waals surface area contributed by atoms with Gasteiger partial charge in [-0.05, 0) is 24.3 Å². The second-order valence-electron chi connectivity index (χ2n) is 8.62. The Morgan fingerprint density at radius 2 is 1.17 bits per heavy atom. The number of aliphatic hydroxyl groups excluding tert-OH is 5. The molecule has 10 heteroatoms. The summed E-state index contributed by atoms with van der Waals surface area (Å²) < 4.78 is 9.44. The topological polar surface area (TPSA) is 171 Å². The Kier molecular flexibility index (Phi) is 12.2. The first-order chi connectivity index (χ1) is 16.6. The average Bonchev–Trinajstić information content (AvgIpc) is 3.19. The Morgan fingerprint density at radius 3 is 1.54 bits per heavy atom. The van der Waals surface area contributed by atoms with Crippen LogP contribution in [-0.2, 0) is 9.47 Å². The van der Waals surface area contributed by atoms with E-state index < -0.39 is 43.8 Å². The highest BCUT2D eigenvalue weighted by Crippen LogP contribution is 2.18. The fraction of sp³-hybridized carbons (Fsp3) is 0.400. The van der Waals surface area contributed by atoms with E-state index in [1.54, 1.807) is 48.5 Å². The van der Waals surface area contributed by atoms with Gasteiger partial charge in [-0.1, -0.05) is 44.2 Å². The first-order valence-corrected chi connectivity index (χ1v) is 10.7. The number of esters is 3. The van der Waals surface area contributed by atoms with E-state index in [1.165, 1.54) is 0 Å². The molecular weight excluding hydrogens is 460 g/mol. The van der Waals surface area contributed by atoms with Crippen LogP contribution in [0.15, 0.2) is 54.6 Å². The second kappa shape index (κ2) is 14.3. The zero-order valence-corrected chi connectivity index (χ0v) is 19.7. The number of benzene rings is 2. The molecule has 0 saturated heterocycles. The van der Waals surface area contributed by atoms with Crippen LogP contribution in [0.25, 0.3) is 0 Å². The van der Waals surface area contributed by atoms with Gasteiger partial charge in [0.2, 0.25) is 0 Å². The van der Waals surface area contributed by atoms with Gasteiger partial charge in [0.05, 0.1) is 61.7 Å². The molecule has 2 aromatic rings. The van der Waals surface area contributed by atoms with E-state index in [4.69, 9.17) is 30.3 Å². The van der Waals surface area contributed by atoms with Crippen LogP contribution in [0, 0.1) is 10.8 Å². The molecule has 1 aliphatic heterocycles. The fourth-order valence-electron chi connectivity index (χ4n) is 2.30. The van der Waals surface area contributed by atoms with Crippen molar-refractivity contribution in [3.05, 3.63) is 71.3 Å². The van der Waals surface area contributed by atoms with Gasteiger partial charge in [-0.2, -0.15) is 0 Å². The number of fused-ring (bicyclic) bond motifs is 1. The van der Waals surface area contributed by atoms with E-state index in [1.807, 2.05) is 19.9 Å². The number of hydrogen-bond donors (Lipinski definition) is 5. The lowest BCUT2D eigenvalue weighted by molar-refractivity contribution is -0.0328. The third-order valence-corrected chi connectivity index (χ3v) is 4.93. The normalized spacial score (nSPS) is 12.4. The highest BCUT2D eigenvalue weighted by molar-refractivity contribution is 6.14. The Balaban J connectivity index is 0.000000273. The monoisotopic (exact) mass is 492 g/mol. The molecule has 0 spiro atoms. The highest BCUT2D eigenvalue weighted by Gasteiger charge is 2.28. The minimum Gasteiger partial charge on any atom is -0.461 e. The summed E-state index contributed by atoms with van der Waals surface area (Å²) in [6.07, 6.45) is 0. The predicted molar refractivity (Wildman–Crippen MR) is 125 cm³/mol. The van der Waals surface area contributed by atoms with Crippen molar-refractivity contribution >= 4 is 17.9 Å². The van der Waals surface area contributed by atoms with Crippen LogP contribution in [0.4, 0.5) is 0 Å². The Hall–Kier alpha value is -3.15. The summed E-state index contributed by atoms with van der Waals surface area (Å²) in [6.45, 7) is 2.27. The zero-order valence-electron chi connectivity index (χ0n) is 19.7. The predicted octanol–water partition coefficient (Wildman–Crippen LogP) is 0.801. The van der Waals surface area contributed by atoms with Crippen molar-refractivity contribution in [1.29, 1.82) is 0 Å². The molecule has 2 aromatic carbocycles. The lowest BCUT2D eigenvalue weighted by Gasteiger charge is -2.23. The number of rotatable bonds is 8. The molecule has 1 aliphatic rings. The summed E-state index contributed by atoms with van der Waals surface area (Å²) in [6, 6.07) is 15.3. The third kappa shape index (κ3) is 9.19. The molecule has 192 valence electrons. The minimum atomic E-state index is -1.11. The van der Waals surface area contributed by atoms with Crippen LogP contribution >= 0.6 is 0 Å². The van der Waals surface area contributed by atoms with Crippen molar-refractivity contribution < 1.29 is 49.4 Å². The number of cyclic esters (lactones) is 2. The molecule has 5 N–H and O–H groups in total. The Labute approximate surface area is 203 Å². The van der Waals surface area contributed by atoms with Crippen molar-refractivity contribution in [3.8, 4) is 0 Å². The average molecular weight is 493 g/mol. The van der Waals surface area contributed by atoms with E-state index in [-0.39, 0.29) is 24.6 Å². The SMILES string of the molecule is CC(C)(CO)COC(=O)c1ccccc1.O=C1OC(=O)c2ccccc21.OCC(CO)(CO)CO. The summed E-state index contributed by atoms with van der Waals surface area (Å²) in [5.41, 5.74) is -0.244. The van der Waals surface area contributed by atoms with Crippen LogP contribution in [0.2, 0.25) is 0 Å². The zero-order chi connectivity index (χ0) is 26.5. The number of hydrogen-bond acceptors (Lipinski definition) is 10. The van der Waals surface area contributed by atoms with Gasteiger partial charge in [-0.15, -0.1) is 0 Å². The molecule has 0 aliphatic carbocycles. The molecule has 0 atom stereocenters. The molecule has 0 saturated carbocycles. The van der Waals surface area contributed by atoms with Crippen LogP contribution in [0.1, 0.15) is 44.9 Å². The van der Waals surface area contributed by atoms with Crippen molar-refractivity contribution in [2.24, 2.45) is 10.8 Å². The Bertz CT molecular complexity index is 901. The van der Waals surface area contributed by atoms with Gasteiger partial charge in [0.15, 0.2) is 0 Å². The van der Waals surface area contributed by atoms with Crippen LogP contribution in [0.3, 0.4) is 0 Å². The number of carbonyl (C=O) groups excluding carboxylic acids is 3. The summed E-state index contributed by atoms with van der Waals surface area (Å²) in [4.78, 5) is 33.2. The fourth-order valence-corrected chi connectivity index (χ4v) is 2.30. The van der Waals surface area contributed by atoms with Gasteiger partial charge in [-0.3, -0.25) is 0 Å². The van der Waals surface area contributed by atoms with E-state index in [0.717, 1.165) is 0 Å². The first-order valence-electron chi connectivity index (χ1n) is 10.7. The van der Waals surface area contributed by atoms with Gasteiger partial charge in [-0.25, -0.2) is 14.4 Å². The summed E-state index contributed by atoms with van der Waals surface area (Å²) in [5.74, 6) is -1.45. The lowest BCUT2D eigenvalue weighted by atomic mass is 9.93. The molecule has 0 radical (unpaired) electrons.